The first-order chi connectivity index (χ1) is 4.51. The number of hydrogen-bond acceptors (Lipinski definition) is 2. The number of halogens is 1. The maximum atomic E-state index is 9.47. The maximum absolute atomic E-state index is 9.47. The van der Waals surface area contributed by atoms with Gasteiger partial charge in [0.15, 0.2) is 0 Å². The minimum Gasteiger partial charge on any atom is -0.393 e. The van der Waals surface area contributed by atoms with Crippen molar-refractivity contribution in [2.75, 3.05) is 6.54 Å². The van der Waals surface area contributed by atoms with E-state index in [4.69, 9.17) is 0 Å². The van der Waals surface area contributed by atoms with Gasteiger partial charge >= 0.3 is 0 Å². The Kier molecular flexibility index (Phi) is 3.82. The maximum Gasteiger partial charge on any atom is 0.0595 e. The van der Waals surface area contributed by atoms with Gasteiger partial charge < -0.3 is 10.4 Å². The molecule has 2 unspecified atom stereocenters. The molecule has 1 saturated heterocycles. The van der Waals surface area contributed by atoms with Crippen LogP contribution in [0.15, 0.2) is 0 Å². The summed E-state index contributed by atoms with van der Waals surface area (Å²) in [5.74, 6) is 0.410. The Hall–Kier alpha value is 0.210. The van der Waals surface area contributed by atoms with Crippen molar-refractivity contribution in [3.63, 3.8) is 0 Å². The second kappa shape index (κ2) is 3.74. The molecule has 0 aromatic carbocycles. The minimum absolute atomic E-state index is 0. The molecule has 0 bridgehead atoms. The molecule has 0 amide bonds. The van der Waals surface area contributed by atoms with E-state index >= 15 is 0 Å². The van der Waals surface area contributed by atoms with E-state index in [0.29, 0.717) is 5.92 Å². The van der Waals surface area contributed by atoms with Crippen molar-refractivity contribution in [3.8, 4) is 0 Å². The standard InChI is InChI=1S/C8H17NO.ClH/c1-6-5-9-8(2,3)4-7(6)10;/h6-7,9-10H,4-5H2,1-3H3;1H. The van der Waals surface area contributed by atoms with Crippen LogP contribution < -0.4 is 5.32 Å². The molecule has 11 heavy (non-hydrogen) atoms. The number of hydrogen-bond donors (Lipinski definition) is 2. The highest BCUT2D eigenvalue weighted by atomic mass is 35.5. The van der Waals surface area contributed by atoms with Crippen LogP contribution in [0.2, 0.25) is 0 Å². The van der Waals surface area contributed by atoms with E-state index in [1.54, 1.807) is 0 Å². The Labute approximate surface area is 74.8 Å². The largest absolute Gasteiger partial charge is 0.393 e. The normalized spacial score (nSPS) is 36.0. The fraction of sp³-hybridized carbons (Fsp3) is 1.00. The van der Waals surface area contributed by atoms with Crippen LogP contribution in [0.4, 0.5) is 0 Å². The second-order valence-electron chi connectivity index (χ2n) is 4.01. The molecule has 0 saturated carbocycles. The third-order valence-electron chi connectivity index (χ3n) is 2.28. The van der Waals surface area contributed by atoms with Crippen molar-refractivity contribution in [2.45, 2.75) is 38.8 Å². The van der Waals surface area contributed by atoms with Crippen LogP contribution in [0.1, 0.15) is 27.2 Å². The summed E-state index contributed by atoms with van der Waals surface area (Å²) in [5.41, 5.74) is 0.131. The first-order valence-corrected chi connectivity index (χ1v) is 3.94. The number of piperidine rings is 1. The van der Waals surface area contributed by atoms with Crippen molar-refractivity contribution in [1.29, 1.82) is 0 Å². The zero-order chi connectivity index (χ0) is 7.78. The van der Waals surface area contributed by atoms with Crippen molar-refractivity contribution in [1.82, 2.24) is 5.32 Å². The molecule has 2 nitrogen and oxygen atoms in total. The van der Waals surface area contributed by atoms with Gasteiger partial charge in [0.05, 0.1) is 6.10 Å². The highest BCUT2D eigenvalue weighted by Crippen LogP contribution is 2.21. The molecule has 2 N–H and O–H groups in total. The third kappa shape index (κ3) is 2.97. The highest BCUT2D eigenvalue weighted by molar-refractivity contribution is 5.85. The van der Waals surface area contributed by atoms with Crippen LogP contribution >= 0.6 is 12.4 Å². The monoisotopic (exact) mass is 179 g/mol. The molecule has 0 spiro atoms. The van der Waals surface area contributed by atoms with Crippen LogP contribution in [0.25, 0.3) is 0 Å². The van der Waals surface area contributed by atoms with Crippen molar-refractivity contribution in [2.24, 2.45) is 5.92 Å². The Balaban J connectivity index is 0.000001000. The summed E-state index contributed by atoms with van der Waals surface area (Å²) in [4.78, 5) is 0. The summed E-state index contributed by atoms with van der Waals surface area (Å²) < 4.78 is 0. The van der Waals surface area contributed by atoms with Gasteiger partial charge in [-0.1, -0.05) is 6.92 Å². The fourth-order valence-electron chi connectivity index (χ4n) is 1.37. The molecule has 1 aliphatic heterocycles. The van der Waals surface area contributed by atoms with Crippen LogP contribution in [-0.2, 0) is 0 Å². The van der Waals surface area contributed by atoms with Gasteiger partial charge in [-0.15, -0.1) is 12.4 Å². The Morgan fingerprint density at radius 2 is 2.00 bits per heavy atom. The fourth-order valence-corrected chi connectivity index (χ4v) is 1.37. The first kappa shape index (κ1) is 11.2. The van der Waals surface area contributed by atoms with E-state index in [9.17, 15) is 5.11 Å². The Morgan fingerprint density at radius 1 is 1.45 bits per heavy atom. The minimum atomic E-state index is -0.115. The van der Waals surface area contributed by atoms with Crippen molar-refractivity contribution >= 4 is 12.4 Å². The molecule has 1 aliphatic rings. The van der Waals surface area contributed by atoms with Gasteiger partial charge in [-0.05, 0) is 26.2 Å². The molecule has 1 rings (SSSR count). The predicted molar refractivity (Wildman–Crippen MR) is 49.1 cm³/mol. The molecule has 3 heteroatoms. The lowest BCUT2D eigenvalue weighted by Crippen LogP contribution is -2.51. The first-order valence-electron chi connectivity index (χ1n) is 3.94. The number of rotatable bonds is 0. The smallest absolute Gasteiger partial charge is 0.0595 e. The van der Waals surface area contributed by atoms with Gasteiger partial charge in [0.2, 0.25) is 0 Å². The number of aliphatic hydroxyl groups is 1. The molecule has 0 radical (unpaired) electrons. The van der Waals surface area contributed by atoms with Crippen LogP contribution in [0.5, 0.6) is 0 Å². The lowest BCUT2D eigenvalue weighted by Gasteiger charge is -2.37. The molecule has 0 aliphatic carbocycles. The van der Waals surface area contributed by atoms with E-state index in [0.717, 1.165) is 13.0 Å². The summed E-state index contributed by atoms with van der Waals surface area (Å²) in [7, 11) is 0. The van der Waals surface area contributed by atoms with E-state index in [1.165, 1.54) is 0 Å². The summed E-state index contributed by atoms with van der Waals surface area (Å²) in [6.07, 6.45) is 0.755. The van der Waals surface area contributed by atoms with Crippen LogP contribution in [0, 0.1) is 5.92 Å². The summed E-state index contributed by atoms with van der Waals surface area (Å²) in [5, 5.41) is 12.9. The Morgan fingerprint density at radius 3 is 2.36 bits per heavy atom. The zero-order valence-corrected chi connectivity index (χ0v) is 8.24. The van der Waals surface area contributed by atoms with Gasteiger partial charge in [0.25, 0.3) is 0 Å². The Bertz CT molecular complexity index is 127. The lowest BCUT2D eigenvalue weighted by molar-refractivity contribution is 0.0469. The molecular formula is C8H18ClNO. The van der Waals surface area contributed by atoms with Crippen molar-refractivity contribution < 1.29 is 5.11 Å². The van der Waals surface area contributed by atoms with Gasteiger partial charge in [-0.25, -0.2) is 0 Å². The molecule has 1 fully saturated rings. The zero-order valence-electron chi connectivity index (χ0n) is 7.42. The molecular weight excluding hydrogens is 162 g/mol. The molecule has 0 aromatic heterocycles. The summed E-state index contributed by atoms with van der Waals surface area (Å²) >= 11 is 0. The van der Waals surface area contributed by atoms with E-state index in [1.807, 2.05) is 0 Å². The van der Waals surface area contributed by atoms with Gasteiger partial charge in [-0.3, -0.25) is 0 Å². The quantitative estimate of drug-likeness (QED) is 0.586. The summed E-state index contributed by atoms with van der Waals surface area (Å²) in [6, 6.07) is 0. The lowest BCUT2D eigenvalue weighted by atomic mass is 9.86. The van der Waals surface area contributed by atoms with Crippen LogP contribution in [-0.4, -0.2) is 23.3 Å². The number of nitrogens with one attached hydrogen (secondary N) is 1. The predicted octanol–water partition coefficient (Wildman–Crippen LogP) is 1.18. The van der Waals surface area contributed by atoms with E-state index < -0.39 is 0 Å². The van der Waals surface area contributed by atoms with E-state index in [-0.39, 0.29) is 24.0 Å². The van der Waals surface area contributed by atoms with E-state index in [2.05, 4.69) is 26.1 Å². The summed E-state index contributed by atoms with van der Waals surface area (Å²) in [6.45, 7) is 7.27. The van der Waals surface area contributed by atoms with Gasteiger partial charge in [0.1, 0.15) is 0 Å². The average Bonchev–Trinajstić information content (AvgIpc) is 1.79. The number of aliphatic hydroxyl groups excluding tert-OH is 1. The topological polar surface area (TPSA) is 32.3 Å². The van der Waals surface area contributed by atoms with Gasteiger partial charge in [-0.2, -0.15) is 0 Å². The van der Waals surface area contributed by atoms with Gasteiger partial charge in [0, 0.05) is 12.1 Å². The molecule has 1 heterocycles. The average molecular weight is 180 g/mol. The molecule has 2 atom stereocenters. The van der Waals surface area contributed by atoms with Crippen molar-refractivity contribution in [3.05, 3.63) is 0 Å². The third-order valence-corrected chi connectivity index (χ3v) is 2.28. The second-order valence-corrected chi connectivity index (χ2v) is 4.01. The van der Waals surface area contributed by atoms with Crippen LogP contribution in [0.3, 0.4) is 0 Å². The molecule has 68 valence electrons. The molecule has 0 aromatic rings. The SMILES string of the molecule is CC1CNC(C)(C)CC1O.Cl. The highest BCUT2D eigenvalue weighted by Gasteiger charge is 2.30.